The third-order valence-electron chi connectivity index (χ3n) is 3.44. The van der Waals surface area contributed by atoms with Crippen LogP contribution in [0.1, 0.15) is 31.2 Å². The Balaban J connectivity index is 2.42. The number of ketones is 1. The number of hydrogen-bond acceptors (Lipinski definition) is 1. The van der Waals surface area contributed by atoms with E-state index in [2.05, 4.69) is 0 Å². The van der Waals surface area contributed by atoms with Crippen molar-refractivity contribution in [3.8, 4) is 0 Å². The van der Waals surface area contributed by atoms with Gasteiger partial charge in [-0.25, -0.2) is 0 Å². The first kappa shape index (κ1) is 13.4. The van der Waals surface area contributed by atoms with Gasteiger partial charge >= 0.3 is 6.18 Å². The van der Waals surface area contributed by atoms with Crippen LogP contribution in [-0.4, -0.2) is 12.0 Å². The smallest absolute Gasteiger partial charge is 0.299 e. The zero-order valence-corrected chi connectivity index (χ0v) is 10.3. The quantitative estimate of drug-likeness (QED) is 0.788. The largest absolute Gasteiger partial charge is 0.390 e. The predicted molar refractivity (Wildman–Crippen MR) is 62.7 cm³/mol. The Kier molecular flexibility index (Phi) is 3.41. The molecule has 0 saturated heterocycles. The Bertz CT molecular complexity index is 452. The van der Waals surface area contributed by atoms with E-state index in [0.29, 0.717) is 17.0 Å². The molecule has 18 heavy (non-hydrogen) atoms. The van der Waals surface area contributed by atoms with Crippen LogP contribution in [0.25, 0.3) is 0 Å². The summed E-state index contributed by atoms with van der Waals surface area (Å²) in [5.41, 5.74) is -0.977. The highest BCUT2D eigenvalue weighted by Gasteiger charge is 2.50. The van der Waals surface area contributed by atoms with E-state index in [1.54, 1.807) is 0 Å². The van der Waals surface area contributed by atoms with E-state index in [0.717, 1.165) is 0 Å². The summed E-state index contributed by atoms with van der Waals surface area (Å²) < 4.78 is 38.1. The van der Waals surface area contributed by atoms with Gasteiger partial charge in [0.05, 0.1) is 11.8 Å². The number of halogens is 4. The average Bonchev–Trinajstić information content (AvgIpc) is 2.60. The third kappa shape index (κ3) is 2.53. The third-order valence-corrected chi connectivity index (χ3v) is 3.69. The monoisotopic (exact) mass is 276 g/mol. The van der Waals surface area contributed by atoms with Crippen molar-refractivity contribution in [3.63, 3.8) is 0 Å². The standard InChI is InChI=1S/C13H12ClF3O/c14-10-5-3-9(4-6-10)12(8-13(15,16)17)7-1-2-11(12)18/h3-6H,1-2,7-8H2. The fourth-order valence-corrected chi connectivity index (χ4v) is 2.76. The first-order valence-electron chi connectivity index (χ1n) is 5.70. The van der Waals surface area contributed by atoms with Gasteiger partial charge in [0.2, 0.25) is 0 Å². The molecular formula is C13H12ClF3O. The van der Waals surface area contributed by atoms with Crippen LogP contribution in [-0.2, 0) is 10.2 Å². The fourth-order valence-electron chi connectivity index (χ4n) is 2.63. The van der Waals surface area contributed by atoms with Gasteiger partial charge < -0.3 is 0 Å². The van der Waals surface area contributed by atoms with Gasteiger partial charge in [-0.05, 0) is 30.5 Å². The Labute approximate surface area is 108 Å². The minimum atomic E-state index is -4.35. The van der Waals surface area contributed by atoms with Gasteiger partial charge in [-0.15, -0.1) is 0 Å². The maximum Gasteiger partial charge on any atom is 0.390 e. The second kappa shape index (κ2) is 4.57. The molecule has 1 saturated carbocycles. The molecule has 1 atom stereocenters. The maximum atomic E-state index is 12.7. The van der Waals surface area contributed by atoms with Gasteiger partial charge in [0.15, 0.2) is 0 Å². The Morgan fingerprint density at radius 2 is 1.83 bits per heavy atom. The minimum Gasteiger partial charge on any atom is -0.299 e. The molecule has 0 spiro atoms. The SMILES string of the molecule is O=C1CCCC1(CC(F)(F)F)c1ccc(Cl)cc1. The van der Waals surface area contributed by atoms with Crippen LogP contribution in [0.4, 0.5) is 13.2 Å². The summed E-state index contributed by atoms with van der Waals surface area (Å²) in [6, 6.07) is 6.11. The van der Waals surface area contributed by atoms with Crippen molar-refractivity contribution in [2.75, 3.05) is 0 Å². The topological polar surface area (TPSA) is 17.1 Å². The molecule has 1 fully saturated rings. The molecule has 1 aliphatic rings. The highest BCUT2D eigenvalue weighted by atomic mass is 35.5. The van der Waals surface area contributed by atoms with Gasteiger partial charge in [0.25, 0.3) is 0 Å². The van der Waals surface area contributed by atoms with E-state index in [1.165, 1.54) is 24.3 Å². The Morgan fingerprint density at radius 1 is 1.22 bits per heavy atom. The Morgan fingerprint density at radius 3 is 2.28 bits per heavy atom. The first-order chi connectivity index (χ1) is 8.33. The molecule has 0 bridgehead atoms. The number of carbonyl (C=O) groups excluding carboxylic acids is 1. The molecule has 0 N–H and O–H groups in total. The van der Waals surface area contributed by atoms with E-state index in [4.69, 9.17) is 11.6 Å². The van der Waals surface area contributed by atoms with Crippen molar-refractivity contribution in [2.45, 2.75) is 37.3 Å². The molecule has 1 aromatic carbocycles. The predicted octanol–water partition coefficient (Wildman–Crippen LogP) is 4.28. The van der Waals surface area contributed by atoms with Crippen LogP contribution < -0.4 is 0 Å². The zero-order valence-electron chi connectivity index (χ0n) is 9.56. The summed E-state index contributed by atoms with van der Waals surface area (Å²) in [6.45, 7) is 0. The molecule has 0 heterocycles. The van der Waals surface area contributed by atoms with Gasteiger partial charge in [-0.3, -0.25) is 4.79 Å². The van der Waals surface area contributed by atoms with Gasteiger partial charge in [-0.1, -0.05) is 23.7 Å². The molecule has 0 aliphatic heterocycles. The van der Waals surface area contributed by atoms with Crippen LogP contribution in [0.5, 0.6) is 0 Å². The van der Waals surface area contributed by atoms with E-state index in [1.807, 2.05) is 0 Å². The fraction of sp³-hybridized carbons (Fsp3) is 0.462. The minimum absolute atomic E-state index is 0.221. The number of benzene rings is 1. The zero-order chi connectivity index (χ0) is 13.4. The summed E-state index contributed by atoms with van der Waals surface area (Å²) in [5, 5.41) is 0.450. The van der Waals surface area contributed by atoms with Crippen LogP contribution in [0, 0.1) is 0 Å². The van der Waals surface area contributed by atoms with E-state index in [9.17, 15) is 18.0 Å². The molecule has 98 valence electrons. The van der Waals surface area contributed by atoms with Crippen molar-refractivity contribution < 1.29 is 18.0 Å². The molecule has 0 radical (unpaired) electrons. The van der Waals surface area contributed by atoms with Crippen molar-refractivity contribution in [2.24, 2.45) is 0 Å². The summed E-state index contributed by atoms with van der Waals surface area (Å²) in [5.74, 6) is -0.317. The molecule has 5 heteroatoms. The molecule has 0 aromatic heterocycles. The Hall–Kier alpha value is -1.03. The van der Waals surface area contributed by atoms with Crippen LogP contribution in [0.15, 0.2) is 24.3 Å². The number of alkyl halides is 3. The van der Waals surface area contributed by atoms with Crippen molar-refractivity contribution in [1.82, 2.24) is 0 Å². The summed E-state index contributed by atoms with van der Waals surface area (Å²) in [7, 11) is 0. The van der Waals surface area contributed by atoms with Crippen LogP contribution in [0.2, 0.25) is 5.02 Å². The normalized spacial score (nSPS) is 24.6. The van der Waals surface area contributed by atoms with Gasteiger partial charge in [0.1, 0.15) is 5.78 Å². The van der Waals surface area contributed by atoms with Gasteiger partial charge in [0, 0.05) is 11.4 Å². The molecule has 1 unspecified atom stereocenters. The maximum absolute atomic E-state index is 12.7. The van der Waals surface area contributed by atoms with E-state index < -0.39 is 18.0 Å². The van der Waals surface area contributed by atoms with Crippen molar-refractivity contribution in [3.05, 3.63) is 34.9 Å². The summed E-state index contributed by atoms with van der Waals surface area (Å²) in [4.78, 5) is 11.9. The molecule has 0 amide bonds. The number of Topliss-reactive ketones (excluding diaryl/α,β-unsaturated/α-hetero) is 1. The second-order valence-electron chi connectivity index (χ2n) is 4.66. The van der Waals surface area contributed by atoms with Crippen LogP contribution >= 0.6 is 11.6 Å². The van der Waals surface area contributed by atoms with E-state index in [-0.39, 0.29) is 18.6 Å². The number of rotatable bonds is 2. The van der Waals surface area contributed by atoms with Crippen molar-refractivity contribution in [1.29, 1.82) is 0 Å². The lowest BCUT2D eigenvalue weighted by Crippen LogP contribution is -2.36. The molecule has 1 aromatic rings. The molecule has 1 nitrogen and oxygen atoms in total. The molecule has 2 rings (SSSR count). The molecular weight excluding hydrogens is 265 g/mol. The highest BCUT2D eigenvalue weighted by Crippen LogP contribution is 2.46. The summed E-state index contributed by atoms with van der Waals surface area (Å²) in [6.07, 6.45) is -4.44. The van der Waals surface area contributed by atoms with E-state index >= 15 is 0 Å². The lowest BCUT2D eigenvalue weighted by Gasteiger charge is -2.29. The lowest BCUT2D eigenvalue weighted by molar-refractivity contribution is -0.155. The summed E-state index contributed by atoms with van der Waals surface area (Å²) >= 11 is 5.73. The highest BCUT2D eigenvalue weighted by molar-refractivity contribution is 6.30. The number of carbonyl (C=O) groups is 1. The van der Waals surface area contributed by atoms with Gasteiger partial charge in [-0.2, -0.15) is 13.2 Å². The average molecular weight is 277 g/mol. The first-order valence-corrected chi connectivity index (χ1v) is 6.07. The second-order valence-corrected chi connectivity index (χ2v) is 5.09. The molecule has 1 aliphatic carbocycles. The number of hydrogen-bond donors (Lipinski definition) is 0. The lowest BCUT2D eigenvalue weighted by atomic mass is 9.75. The van der Waals surface area contributed by atoms with Crippen molar-refractivity contribution >= 4 is 17.4 Å². The van der Waals surface area contributed by atoms with Crippen LogP contribution in [0.3, 0.4) is 0 Å².